The number of hydrogen-bond donors (Lipinski definition) is 2. The molecule has 144 valence electrons. The first kappa shape index (κ1) is 19.2. The smallest absolute Gasteiger partial charge is 0.275 e. The lowest BCUT2D eigenvalue weighted by Crippen LogP contribution is -2.45. The summed E-state index contributed by atoms with van der Waals surface area (Å²) in [6, 6.07) is 4.60. The number of morpholine rings is 1. The highest BCUT2D eigenvalue weighted by molar-refractivity contribution is 7.14. The minimum atomic E-state index is -0.469. The molecule has 1 saturated heterocycles. The summed E-state index contributed by atoms with van der Waals surface area (Å²) in [6.07, 6.45) is 0.0463. The topological polar surface area (TPSA) is 83.6 Å². The third-order valence-corrected chi connectivity index (χ3v) is 4.74. The molecule has 1 aliphatic rings. The number of carbonyl (C=O) groups excluding carboxylic acids is 2. The molecule has 2 amide bonds. The van der Waals surface area contributed by atoms with Gasteiger partial charge in [0.1, 0.15) is 11.5 Å². The summed E-state index contributed by atoms with van der Waals surface area (Å²) in [5.41, 5.74) is 0.977. The predicted octanol–water partition coefficient (Wildman–Crippen LogP) is 3.11. The molecular weight excluding hydrogens is 371 g/mol. The highest BCUT2D eigenvalue weighted by Crippen LogP contribution is 2.26. The molecule has 1 aromatic heterocycles. The first-order chi connectivity index (χ1) is 12.8. The Labute approximate surface area is 160 Å². The Balaban J connectivity index is 1.69. The molecule has 0 aliphatic carbocycles. The van der Waals surface area contributed by atoms with Crippen molar-refractivity contribution in [1.29, 1.82) is 0 Å². The molecule has 0 radical (unpaired) electrons. The number of carbonyl (C=O) groups is 2. The van der Waals surface area contributed by atoms with Gasteiger partial charge in [0.05, 0.1) is 17.9 Å². The number of thiazole rings is 1. The molecule has 0 saturated carbocycles. The van der Waals surface area contributed by atoms with E-state index in [9.17, 15) is 14.0 Å². The third-order valence-electron chi connectivity index (χ3n) is 3.99. The minimum Gasteiger partial charge on any atom is -0.372 e. The quantitative estimate of drug-likeness (QED) is 0.835. The maximum Gasteiger partial charge on any atom is 0.275 e. The average molecular weight is 392 g/mol. The average Bonchev–Trinajstić information content (AvgIpc) is 3.01. The zero-order valence-electron chi connectivity index (χ0n) is 15.3. The minimum absolute atomic E-state index is 0.0232. The Morgan fingerprint density at radius 1 is 1.26 bits per heavy atom. The Bertz CT molecular complexity index is 847. The van der Waals surface area contributed by atoms with Gasteiger partial charge in [0.15, 0.2) is 5.13 Å². The third kappa shape index (κ3) is 4.81. The zero-order chi connectivity index (χ0) is 19.6. The van der Waals surface area contributed by atoms with Crippen LogP contribution in [0.1, 0.15) is 31.3 Å². The fraction of sp³-hybridized carbons (Fsp3) is 0.389. The van der Waals surface area contributed by atoms with Crippen molar-refractivity contribution in [3.63, 3.8) is 0 Å². The van der Waals surface area contributed by atoms with E-state index in [-0.39, 0.29) is 23.8 Å². The van der Waals surface area contributed by atoms with Crippen LogP contribution in [0.2, 0.25) is 0 Å². The second-order valence-corrected chi connectivity index (χ2v) is 7.36. The fourth-order valence-corrected chi connectivity index (χ4v) is 3.73. The molecule has 2 atom stereocenters. The van der Waals surface area contributed by atoms with Crippen LogP contribution in [0, 0.1) is 5.82 Å². The molecule has 0 unspecified atom stereocenters. The van der Waals surface area contributed by atoms with E-state index in [1.165, 1.54) is 18.4 Å². The first-order valence-electron chi connectivity index (χ1n) is 8.56. The van der Waals surface area contributed by atoms with Gasteiger partial charge < -0.3 is 20.3 Å². The summed E-state index contributed by atoms with van der Waals surface area (Å²) in [5.74, 6) is -1.14. The van der Waals surface area contributed by atoms with Crippen molar-refractivity contribution in [2.45, 2.75) is 33.0 Å². The Hall–Kier alpha value is -2.52. The first-order valence-corrected chi connectivity index (χ1v) is 9.44. The van der Waals surface area contributed by atoms with Gasteiger partial charge >= 0.3 is 0 Å². The van der Waals surface area contributed by atoms with Gasteiger partial charge in [-0.05, 0) is 32.0 Å². The largest absolute Gasteiger partial charge is 0.372 e. The van der Waals surface area contributed by atoms with E-state index in [1.54, 1.807) is 12.1 Å². The van der Waals surface area contributed by atoms with E-state index in [1.807, 2.05) is 18.7 Å². The molecular formula is C18H21FN4O3S. The molecule has 2 N–H and O–H groups in total. The highest BCUT2D eigenvalue weighted by atomic mass is 32.1. The molecule has 9 heteroatoms. The van der Waals surface area contributed by atoms with Crippen LogP contribution in [-0.4, -0.2) is 42.1 Å². The Kier molecular flexibility index (Phi) is 5.71. The van der Waals surface area contributed by atoms with E-state index < -0.39 is 11.7 Å². The summed E-state index contributed by atoms with van der Waals surface area (Å²) >= 11 is 1.15. The van der Waals surface area contributed by atoms with Crippen LogP contribution in [-0.2, 0) is 9.53 Å². The van der Waals surface area contributed by atoms with E-state index in [0.29, 0.717) is 29.6 Å². The normalized spacial score (nSPS) is 19.6. The van der Waals surface area contributed by atoms with Crippen molar-refractivity contribution in [1.82, 2.24) is 4.98 Å². The number of ether oxygens (including phenoxy) is 1. The van der Waals surface area contributed by atoms with Crippen LogP contribution in [0.5, 0.6) is 0 Å². The Morgan fingerprint density at radius 2 is 1.96 bits per heavy atom. The van der Waals surface area contributed by atoms with Gasteiger partial charge in [-0.15, -0.1) is 11.3 Å². The van der Waals surface area contributed by atoms with Crippen molar-refractivity contribution in [3.8, 4) is 0 Å². The summed E-state index contributed by atoms with van der Waals surface area (Å²) < 4.78 is 20.3. The van der Waals surface area contributed by atoms with Crippen LogP contribution < -0.4 is 15.5 Å². The van der Waals surface area contributed by atoms with Crippen molar-refractivity contribution in [2.24, 2.45) is 0 Å². The summed E-state index contributed by atoms with van der Waals surface area (Å²) in [4.78, 5) is 29.3. The van der Waals surface area contributed by atoms with E-state index in [2.05, 4.69) is 15.6 Å². The molecule has 0 bridgehead atoms. The molecule has 7 nitrogen and oxygen atoms in total. The summed E-state index contributed by atoms with van der Waals surface area (Å²) in [6.45, 7) is 6.49. The predicted molar refractivity (Wildman–Crippen MR) is 103 cm³/mol. The second-order valence-electron chi connectivity index (χ2n) is 6.50. The lowest BCUT2D eigenvalue weighted by Gasteiger charge is -2.37. The van der Waals surface area contributed by atoms with Gasteiger partial charge in [0.25, 0.3) is 5.91 Å². The number of hydrogen-bond acceptors (Lipinski definition) is 6. The highest BCUT2D eigenvalue weighted by Gasteiger charge is 2.24. The number of rotatable bonds is 4. The number of nitrogens with one attached hydrogen (secondary N) is 2. The van der Waals surface area contributed by atoms with Crippen molar-refractivity contribution in [3.05, 3.63) is 35.1 Å². The van der Waals surface area contributed by atoms with Gasteiger partial charge in [0.2, 0.25) is 5.91 Å². The molecule has 1 aliphatic heterocycles. The maximum atomic E-state index is 14.6. The lowest BCUT2D eigenvalue weighted by molar-refractivity contribution is -0.114. The van der Waals surface area contributed by atoms with Crippen LogP contribution >= 0.6 is 11.3 Å². The van der Waals surface area contributed by atoms with Gasteiger partial charge in [-0.3, -0.25) is 9.59 Å². The van der Waals surface area contributed by atoms with E-state index >= 15 is 0 Å². The summed E-state index contributed by atoms with van der Waals surface area (Å²) in [5, 5.41) is 7.01. The standard InChI is InChI=1S/C18H21FN4O3S/c1-10-7-23(8-11(2)26-10)16-5-4-13(6-14(16)19)21-17(25)15-9-27-18(22-15)20-12(3)24/h4-6,9-11H,7-8H2,1-3H3,(H,21,25)(H,20,22,24)/t10-,11+. The Morgan fingerprint density at radius 3 is 2.59 bits per heavy atom. The van der Waals surface area contributed by atoms with E-state index in [0.717, 1.165) is 11.3 Å². The SMILES string of the molecule is CC(=O)Nc1nc(C(=O)Nc2ccc(N3C[C@@H](C)O[C@@H](C)C3)c(F)c2)cs1. The number of anilines is 3. The van der Waals surface area contributed by atoms with Crippen molar-refractivity contribution in [2.75, 3.05) is 28.6 Å². The van der Waals surface area contributed by atoms with E-state index in [4.69, 9.17) is 4.74 Å². The van der Waals surface area contributed by atoms with Crippen molar-refractivity contribution >= 4 is 39.7 Å². The van der Waals surface area contributed by atoms with Crippen LogP contribution in [0.3, 0.4) is 0 Å². The molecule has 2 heterocycles. The molecule has 0 spiro atoms. The van der Waals surface area contributed by atoms with Crippen molar-refractivity contribution < 1.29 is 18.7 Å². The molecule has 1 aromatic carbocycles. The number of nitrogens with zero attached hydrogens (tertiary/aromatic N) is 2. The monoisotopic (exact) mass is 392 g/mol. The van der Waals surface area contributed by atoms with Gasteiger partial charge in [-0.1, -0.05) is 0 Å². The molecule has 3 rings (SSSR count). The summed E-state index contributed by atoms with van der Waals surface area (Å²) in [7, 11) is 0. The van der Waals surface area contributed by atoms with Gasteiger partial charge in [-0.25, -0.2) is 9.37 Å². The zero-order valence-corrected chi connectivity index (χ0v) is 16.1. The van der Waals surface area contributed by atoms with Gasteiger partial charge in [0, 0.05) is 31.1 Å². The van der Waals surface area contributed by atoms with Crippen LogP contribution in [0.25, 0.3) is 0 Å². The fourth-order valence-electron chi connectivity index (χ4n) is 3.00. The van der Waals surface area contributed by atoms with Gasteiger partial charge in [-0.2, -0.15) is 0 Å². The number of halogens is 1. The van der Waals surface area contributed by atoms with Crippen LogP contribution in [0.4, 0.5) is 20.9 Å². The second kappa shape index (κ2) is 8.01. The van der Waals surface area contributed by atoms with Crippen LogP contribution in [0.15, 0.2) is 23.6 Å². The number of benzene rings is 1. The molecule has 2 aromatic rings. The number of amides is 2. The number of aromatic nitrogens is 1. The molecule has 1 fully saturated rings. The lowest BCUT2D eigenvalue weighted by atomic mass is 10.2. The maximum absolute atomic E-state index is 14.6. The molecule has 27 heavy (non-hydrogen) atoms.